The Morgan fingerprint density at radius 1 is 0.738 bits per heavy atom. The summed E-state index contributed by atoms with van der Waals surface area (Å²) in [7, 11) is 0. The van der Waals surface area contributed by atoms with Crippen LogP contribution in [-0.4, -0.2) is 115 Å². The zero-order chi connectivity index (χ0) is 32.1. The Morgan fingerprint density at radius 2 is 1.26 bits per heavy atom. The molecule has 0 aliphatic rings. The quantitative estimate of drug-likeness (QED) is 0.0156. The van der Waals surface area contributed by atoms with Gasteiger partial charge in [-0.3, -0.25) is 43.8 Å². The normalized spacial score (nSPS) is 11.2. The first kappa shape index (κ1) is 36.3. The molecule has 22 heteroatoms. The predicted molar refractivity (Wildman–Crippen MR) is 139 cm³/mol. The molecule has 0 heterocycles. The molecule has 6 amide bonds. The van der Waals surface area contributed by atoms with E-state index in [1.54, 1.807) is 0 Å². The molecule has 0 fully saturated rings. The van der Waals surface area contributed by atoms with E-state index in [9.17, 15) is 38.4 Å². The monoisotopic (exact) mass is 600 g/mol. The van der Waals surface area contributed by atoms with E-state index in [1.165, 1.54) is 0 Å². The summed E-state index contributed by atoms with van der Waals surface area (Å²) < 4.78 is 0. The molecular formula is C20H32N12O10. The maximum absolute atomic E-state index is 12.7. The molecule has 42 heavy (non-hydrogen) atoms. The minimum atomic E-state index is -1.65. The number of hydrogen-bond donors (Lipinski definition) is 11. The number of rotatable bonds is 20. The molecule has 0 spiro atoms. The van der Waals surface area contributed by atoms with Gasteiger partial charge in [0.15, 0.2) is 5.96 Å². The van der Waals surface area contributed by atoms with Crippen LogP contribution in [0.3, 0.4) is 0 Å². The smallest absolute Gasteiger partial charge is 0.322 e. The molecule has 0 aromatic carbocycles. The molecule has 0 radical (unpaired) electrons. The number of carbonyl (C=O) groups is 8. The number of carbonyl (C=O) groups excluding carboxylic acids is 6. The van der Waals surface area contributed by atoms with E-state index in [4.69, 9.17) is 26.9 Å². The van der Waals surface area contributed by atoms with Crippen molar-refractivity contribution < 1.29 is 48.6 Å². The Bertz CT molecular complexity index is 1090. The first-order valence-electron chi connectivity index (χ1n) is 11.9. The molecule has 0 aromatic rings. The van der Waals surface area contributed by atoms with Crippen LogP contribution in [0.1, 0.15) is 19.3 Å². The maximum Gasteiger partial charge on any atom is 0.322 e. The number of azide groups is 1. The Balaban J connectivity index is 5.06. The third-order valence-corrected chi connectivity index (χ3v) is 4.67. The number of aliphatic carboxylic acids is 2. The van der Waals surface area contributed by atoms with Crippen molar-refractivity contribution in [2.24, 2.45) is 10.8 Å². The van der Waals surface area contributed by atoms with Crippen molar-refractivity contribution >= 4 is 53.3 Å². The highest BCUT2D eigenvalue weighted by Gasteiger charge is 2.25. The number of nitrogens with zero attached hydrogens (tertiary/aromatic N) is 3. The lowest BCUT2D eigenvalue weighted by Crippen LogP contribution is -2.54. The van der Waals surface area contributed by atoms with Crippen molar-refractivity contribution in [3.8, 4) is 0 Å². The molecule has 0 aliphatic carbocycles. The highest BCUT2D eigenvalue weighted by molar-refractivity contribution is 5.95. The SMILES string of the molecule is [N-]=[N+]=NCC(=O)NCC(=O)NCC(=O)N[C@@H](CCCNC(=N)N)C(=O)NCC(=O)N[C@@H](CC(=O)O)C(=O)NCC(=O)O. The summed E-state index contributed by atoms with van der Waals surface area (Å²) in [6.45, 7) is -3.11. The van der Waals surface area contributed by atoms with E-state index >= 15 is 0 Å². The number of nitrogens with two attached hydrogens (primary N) is 1. The van der Waals surface area contributed by atoms with Gasteiger partial charge >= 0.3 is 11.9 Å². The van der Waals surface area contributed by atoms with Crippen LogP contribution < -0.4 is 43.0 Å². The van der Waals surface area contributed by atoms with Crippen molar-refractivity contribution in [1.29, 1.82) is 5.41 Å². The number of carboxylic acids is 2. The summed E-state index contributed by atoms with van der Waals surface area (Å²) in [5, 5.41) is 43.1. The van der Waals surface area contributed by atoms with E-state index in [1.807, 2.05) is 5.32 Å². The van der Waals surface area contributed by atoms with Gasteiger partial charge in [-0.05, 0) is 18.4 Å². The Labute approximate surface area is 237 Å². The zero-order valence-electron chi connectivity index (χ0n) is 22.1. The van der Waals surface area contributed by atoms with Gasteiger partial charge in [0, 0.05) is 11.5 Å². The predicted octanol–water partition coefficient (Wildman–Crippen LogP) is -5.45. The second-order valence-corrected chi connectivity index (χ2v) is 8.09. The standard InChI is InChI=1S/C20H32N12O10/c21-20(22)24-3-1-2-10(30-14(35)6-26-12(33)5-25-13(34)8-29-32-23)18(41)27-7-15(36)31-11(4-16(37)38)19(42)28-9-17(39)40/h10-11H,1-9H2,(H,25,34)(H,26,33)(H,27,41)(H,28,42)(H,30,35)(H,31,36)(H,37,38)(H,39,40)(H4,21,22,24)/t10-,11-/m0/s1. The zero-order valence-corrected chi connectivity index (χ0v) is 22.1. The second kappa shape index (κ2) is 20.3. The van der Waals surface area contributed by atoms with Crippen LogP contribution in [-0.2, 0) is 38.4 Å². The van der Waals surface area contributed by atoms with Gasteiger partial charge in [0.2, 0.25) is 35.4 Å². The summed E-state index contributed by atoms with van der Waals surface area (Å²) in [6.07, 6.45) is -0.698. The van der Waals surface area contributed by atoms with E-state index < -0.39 is 98.6 Å². The molecular weight excluding hydrogens is 568 g/mol. The van der Waals surface area contributed by atoms with Crippen molar-refractivity contribution in [3.05, 3.63) is 10.4 Å². The lowest BCUT2D eigenvalue weighted by atomic mass is 10.1. The molecule has 0 saturated heterocycles. The maximum atomic E-state index is 12.7. The third kappa shape index (κ3) is 18.6. The van der Waals surface area contributed by atoms with Gasteiger partial charge in [-0.15, -0.1) is 0 Å². The second-order valence-electron chi connectivity index (χ2n) is 8.09. The van der Waals surface area contributed by atoms with Gasteiger partial charge in [0.1, 0.15) is 25.2 Å². The molecule has 0 aliphatic heterocycles. The van der Waals surface area contributed by atoms with Crippen LogP contribution in [0.4, 0.5) is 0 Å². The van der Waals surface area contributed by atoms with Crippen LogP contribution in [0.2, 0.25) is 0 Å². The highest BCUT2D eigenvalue weighted by atomic mass is 16.4. The van der Waals surface area contributed by atoms with Crippen LogP contribution >= 0.6 is 0 Å². The van der Waals surface area contributed by atoms with Crippen molar-refractivity contribution in [1.82, 2.24) is 37.2 Å². The fourth-order valence-electron chi connectivity index (χ4n) is 2.82. The average Bonchev–Trinajstić information content (AvgIpc) is 2.91. The lowest BCUT2D eigenvalue weighted by Gasteiger charge is -2.20. The highest BCUT2D eigenvalue weighted by Crippen LogP contribution is 1.98. The van der Waals surface area contributed by atoms with Crippen molar-refractivity contribution in [3.63, 3.8) is 0 Å². The van der Waals surface area contributed by atoms with Gasteiger partial charge in [-0.25, -0.2) is 0 Å². The van der Waals surface area contributed by atoms with E-state index in [2.05, 4.69) is 41.9 Å². The van der Waals surface area contributed by atoms with E-state index in [-0.39, 0.29) is 25.3 Å². The molecule has 0 saturated carbocycles. The molecule has 0 aromatic heterocycles. The van der Waals surface area contributed by atoms with Gasteiger partial charge in [0.05, 0.1) is 26.1 Å². The summed E-state index contributed by atoms with van der Waals surface area (Å²) in [5.41, 5.74) is 13.3. The van der Waals surface area contributed by atoms with Crippen LogP contribution in [0.25, 0.3) is 10.4 Å². The summed E-state index contributed by atoms with van der Waals surface area (Å²) in [6, 6.07) is -2.90. The largest absolute Gasteiger partial charge is 0.481 e. The topological polar surface area (TPSA) is 360 Å². The fraction of sp³-hybridized carbons (Fsp3) is 0.550. The van der Waals surface area contributed by atoms with E-state index in [0.29, 0.717) is 0 Å². The average molecular weight is 601 g/mol. The fourth-order valence-corrected chi connectivity index (χ4v) is 2.82. The summed E-state index contributed by atoms with van der Waals surface area (Å²) >= 11 is 0. The van der Waals surface area contributed by atoms with Crippen LogP contribution in [0.5, 0.6) is 0 Å². The van der Waals surface area contributed by atoms with Gasteiger partial charge in [-0.1, -0.05) is 5.11 Å². The molecule has 2 atom stereocenters. The lowest BCUT2D eigenvalue weighted by molar-refractivity contribution is -0.141. The van der Waals surface area contributed by atoms with Gasteiger partial charge < -0.3 is 53.2 Å². The number of amides is 6. The minimum Gasteiger partial charge on any atom is -0.481 e. The molecule has 232 valence electrons. The minimum absolute atomic E-state index is 0.0257. The van der Waals surface area contributed by atoms with Crippen molar-refractivity contribution in [2.45, 2.75) is 31.3 Å². The first-order valence-corrected chi connectivity index (χ1v) is 11.9. The molecule has 0 rings (SSSR count). The van der Waals surface area contributed by atoms with Crippen LogP contribution in [0, 0.1) is 5.41 Å². The number of nitrogens with one attached hydrogen (secondary N) is 8. The Hall–Kier alpha value is -5.66. The van der Waals surface area contributed by atoms with E-state index in [0.717, 1.165) is 0 Å². The Morgan fingerprint density at radius 3 is 1.83 bits per heavy atom. The summed E-state index contributed by atoms with van der Waals surface area (Å²) in [5.74, 6) is -8.51. The van der Waals surface area contributed by atoms with Gasteiger partial charge in [0.25, 0.3) is 0 Å². The van der Waals surface area contributed by atoms with Crippen LogP contribution in [0.15, 0.2) is 5.11 Å². The number of hydrogen-bond acceptors (Lipinski definition) is 10. The summed E-state index contributed by atoms with van der Waals surface area (Å²) in [4.78, 5) is 96.4. The third-order valence-electron chi connectivity index (χ3n) is 4.67. The van der Waals surface area contributed by atoms with Crippen molar-refractivity contribution in [2.75, 3.05) is 39.3 Å². The van der Waals surface area contributed by atoms with Gasteiger partial charge in [-0.2, -0.15) is 0 Å². The molecule has 0 unspecified atom stereocenters. The molecule has 0 bridgehead atoms. The number of guanidine groups is 1. The molecule has 22 nitrogen and oxygen atoms in total. The Kier molecular flexibility index (Phi) is 17.5. The first-order chi connectivity index (χ1) is 19.7. The number of carboxylic acid groups (broad SMARTS) is 2. The molecule has 12 N–H and O–H groups in total.